The fraction of sp³-hybridized carbons (Fsp3) is 0.105. The van der Waals surface area contributed by atoms with Crippen LogP contribution in [0.15, 0.2) is 64.5 Å². The molecule has 2 aromatic rings. The number of hydrogen-bond acceptors (Lipinski definition) is 5. The van der Waals surface area contributed by atoms with Crippen LogP contribution < -0.4 is 5.11 Å². The number of amidine groups is 1. The van der Waals surface area contributed by atoms with Crippen LogP contribution in [-0.2, 0) is 4.79 Å². The van der Waals surface area contributed by atoms with Gasteiger partial charge in [0.1, 0.15) is 0 Å². The average molecular weight is 351 g/mol. The minimum atomic E-state index is -1.22. The van der Waals surface area contributed by atoms with Gasteiger partial charge in [-0.15, -0.1) is 0 Å². The van der Waals surface area contributed by atoms with Crippen molar-refractivity contribution in [2.45, 2.75) is 6.92 Å². The first-order valence-electron chi connectivity index (χ1n) is 7.75. The van der Waals surface area contributed by atoms with E-state index in [-0.39, 0.29) is 11.5 Å². The highest BCUT2D eigenvalue weighted by Gasteiger charge is 2.32. The van der Waals surface area contributed by atoms with Crippen LogP contribution in [0.5, 0.6) is 0 Å². The van der Waals surface area contributed by atoms with E-state index < -0.39 is 5.97 Å². The van der Waals surface area contributed by atoms with E-state index in [1.807, 2.05) is 37.3 Å². The first-order valence-corrected chi connectivity index (χ1v) is 8.56. The second-order valence-corrected chi connectivity index (χ2v) is 6.31. The van der Waals surface area contributed by atoms with Gasteiger partial charge in [0.05, 0.1) is 16.6 Å². The van der Waals surface area contributed by atoms with Crippen molar-refractivity contribution in [1.29, 1.82) is 0 Å². The summed E-state index contributed by atoms with van der Waals surface area (Å²) < 4.78 is 0. The average Bonchev–Trinajstić information content (AvgIpc) is 2.91. The molecule has 1 saturated heterocycles. The van der Waals surface area contributed by atoms with Crippen molar-refractivity contribution >= 4 is 40.6 Å². The number of aromatic carboxylic acids is 1. The van der Waals surface area contributed by atoms with E-state index in [2.05, 4.69) is 4.99 Å². The summed E-state index contributed by atoms with van der Waals surface area (Å²) >= 11 is 1.31. The van der Waals surface area contributed by atoms with Crippen LogP contribution in [0.25, 0.3) is 6.08 Å². The number of para-hydroxylation sites is 1. The Morgan fingerprint density at radius 2 is 1.84 bits per heavy atom. The maximum absolute atomic E-state index is 12.6. The number of nitrogens with zero attached hydrogens (tertiary/aromatic N) is 2. The highest BCUT2D eigenvalue weighted by atomic mass is 32.2. The maximum Gasteiger partial charge on any atom is 0.266 e. The number of likely N-dealkylation sites (N-methyl/N-ethyl adjacent to an activating group) is 1. The minimum absolute atomic E-state index is 0.105. The predicted octanol–water partition coefficient (Wildman–Crippen LogP) is 2.67. The van der Waals surface area contributed by atoms with Crippen LogP contribution >= 0.6 is 11.8 Å². The maximum atomic E-state index is 12.6. The van der Waals surface area contributed by atoms with E-state index in [9.17, 15) is 14.7 Å². The van der Waals surface area contributed by atoms with Crippen molar-refractivity contribution in [2.24, 2.45) is 4.99 Å². The molecule has 0 spiro atoms. The van der Waals surface area contributed by atoms with Gasteiger partial charge in [-0.3, -0.25) is 9.69 Å². The molecule has 5 nitrogen and oxygen atoms in total. The molecular weight excluding hydrogens is 336 g/mol. The Hall–Kier alpha value is -2.86. The molecule has 126 valence electrons. The molecule has 0 atom stereocenters. The van der Waals surface area contributed by atoms with Gasteiger partial charge in [0.2, 0.25) is 0 Å². The van der Waals surface area contributed by atoms with Gasteiger partial charge in [0.25, 0.3) is 5.91 Å². The van der Waals surface area contributed by atoms with Gasteiger partial charge in [-0.2, -0.15) is 0 Å². The molecule has 0 saturated carbocycles. The summed E-state index contributed by atoms with van der Waals surface area (Å²) in [5, 5.41) is 11.4. The number of carboxylic acids is 1. The van der Waals surface area contributed by atoms with Crippen LogP contribution in [0.2, 0.25) is 0 Å². The highest BCUT2D eigenvalue weighted by molar-refractivity contribution is 8.18. The van der Waals surface area contributed by atoms with Gasteiger partial charge in [0.15, 0.2) is 5.17 Å². The summed E-state index contributed by atoms with van der Waals surface area (Å²) in [6.07, 6.45) is 1.74. The fourth-order valence-electron chi connectivity index (χ4n) is 2.35. The Balaban J connectivity index is 1.89. The summed E-state index contributed by atoms with van der Waals surface area (Å²) in [4.78, 5) is 30.1. The van der Waals surface area contributed by atoms with E-state index in [0.29, 0.717) is 16.6 Å². The molecule has 0 aliphatic carbocycles. The summed E-state index contributed by atoms with van der Waals surface area (Å²) in [5.41, 5.74) is 1.64. The number of amides is 1. The summed E-state index contributed by atoms with van der Waals surface area (Å²) in [5.74, 6) is -1.33. The Morgan fingerprint density at radius 3 is 2.44 bits per heavy atom. The molecule has 0 unspecified atom stereocenters. The number of carboxylic acid groups (broad SMARTS) is 1. The molecule has 0 bridgehead atoms. The lowest BCUT2D eigenvalue weighted by atomic mass is 10.1. The lowest BCUT2D eigenvalue weighted by Gasteiger charge is -2.11. The summed E-state index contributed by atoms with van der Waals surface area (Å²) in [7, 11) is 0. The zero-order valence-electron chi connectivity index (χ0n) is 13.5. The van der Waals surface area contributed by atoms with Crippen molar-refractivity contribution in [3.63, 3.8) is 0 Å². The van der Waals surface area contributed by atoms with Crippen molar-refractivity contribution in [2.75, 3.05) is 6.54 Å². The van der Waals surface area contributed by atoms with Crippen LogP contribution in [0.1, 0.15) is 22.8 Å². The van der Waals surface area contributed by atoms with E-state index in [1.165, 1.54) is 23.9 Å². The molecule has 1 heterocycles. The second kappa shape index (κ2) is 7.36. The Morgan fingerprint density at radius 1 is 1.16 bits per heavy atom. The first-order chi connectivity index (χ1) is 12.1. The topological polar surface area (TPSA) is 72.8 Å². The third-order valence-corrected chi connectivity index (χ3v) is 4.64. The van der Waals surface area contributed by atoms with Crippen molar-refractivity contribution in [3.05, 3.63) is 70.6 Å². The third-order valence-electron chi connectivity index (χ3n) is 3.63. The van der Waals surface area contributed by atoms with Gasteiger partial charge >= 0.3 is 0 Å². The fourth-order valence-corrected chi connectivity index (χ4v) is 3.41. The standard InChI is InChI=1S/C19H16N2O3S/c1-2-21-17(22)16(12-13-8-10-14(11-9-13)18(23)24)25-19(21)20-15-6-4-3-5-7-15/h3-12H,2H2,1H3,(H,23,24)/p-1/b16-12+,20-19?. The van der Waals surface area contributed by atoms with Gasteiger partial charge in [0, 0.05) is 6.54 Å². The predicted molar refractivity (Wildman–Crippen MR) is 97.3 cm³/mol. The number of benzene rings is 2. The number of carbonyl (C=O) groups excluding carboxylic acids is 2. The lowest BCUT2D eigenvalue weighted by molar-refractivity contribution is -0.255. The van der Waals surface area contributed by atoms with Crippen LogP contribution in [0, 0.1) is 0 Å². The third kappa shape index (κ3) is 3.80. The molecule has 1 aliphatic heterocycles. The van der Waals surface area contributed by atoms with E-state index >= 15 is 0 Å². The number of thioether (sulfide) groups is 1. The quantitative estimate of drug-likeness (QED) is 0.794. The van der Waals surface area contributed by atoms with Crippen molar-refractivity contribution in [3.8, 4) is 0 Å². The Bertz CT molecular complexity index is 858. The highest BCUT2D eigenvalue weighted by Crippen LogP contribution is 2.33. The van der Waals surface area contributed by atoms with Gasteiger partial charge in [-0.05, 0) is 48.0 Å². The molecule has 0 radical (unpaired) electrons. The molecular formula is C19H15N2O3S-. The van der Waals surface area contributed by atoms with Crippen LogP contribution in [0.3, 0.4) is 0 Å². The van der Waals surface area contributed by atoms with Crippen LogP contribution in [0.4, 0.5) is 5.69 Å². The normalized spacial score (nSPS) is 17.5. The van der Waals surface area contributed by atoms with Crippen LogP contribution in [-0.4, -0.2) is 28.5 Å². The lowest BCUT2D eigenvalue weighted by Crippen LogP contribution is -2.28. The molecule has 6 heteroatoms. The smallest absolute Gasteiger partial charge is 0.266 e. The summed E-state index contributed by atoms with van der Waals surface area (Å²) in [6, 6.07) is 15.7. The number of hydrogen-bond donors (Lipinski definition) is 0. The Kier molecular flexibility index (Phi) is 5.00. The monoisotopic (exact) mass is 351 g/mol. The molecule has 1 fully saturated rings. The van der Waals surface area contributed by atoms with E-state index in [4.69, 9.17) is 0 Å². The molecule has 0 N–H and O–H groups in total. The molecule has 0 aromatic heterocycles. The van der Waals surface area contributed by atoms with Gasteiger partial charge < -0.3 is 9.90 Å². The first kappa shape index (κ1) is 17.0. The number of aliphatic imine (C=N–C) groups is 1. The van der Waals surface area contributed by atoms with Gasteiger partial charge in [-0.25, -0.2) is 4.99 Å². The molecule has 2 aromatic carbocycles. The van der Waals surface area contributed by atoms with Crippen molar-refractivity contribution < 1.29 is 14.7 Å². The largest absolute Gasteiger partial charge is 0.545 e. The summed E-state index contributed by atoms with van der Waals surface area (Å²) in [6.45, 7) is 2.43. The number of rotatable bonds is 4. The molecule has 3 rings (SSSR count). The zero-order valence-corrected chi connectivity index (χ0v) is 14.3. The number of carbonyl (C=O) groups is 2. The minimum Gasteiger partial charge on any atom is -0.545 e. The van der Waals surface area contributed by atoms with Gasteiger partial charge in [-0.1, -0.05) is 42.5 Å². The molecule has 25 heavy (non-hydrogen) atoms. The molecule has 1 aliphatic rings. The zero-order chi connectivity index (χ0) is 17.8. The van der Waals surface area contributed by atoms with Crippen molar-refractivity contribution in [1.82, 2.24) is 4.90 Å². The SMILES string of the molecule is CCN1C(=O)/C(=C\c2ccc(C(=O)[O-])cc2)SC1=Nc1ccccc1. The molecule has 1 amide bonds. The second-order valence-electron chi connectivity index (χ2n) is 5.30. The van der Waals surface area contributed by atoms with E-state index in [0.717, 1.165) is 11.3 Å². The Labute approximate surface area is 149 Å². The van der Waals surface area contributed by atoms with E-state index in [1.54, 1.807) is 23.1 Å².